The number of hydrogen-bond donors (Lipinski definition) is 2. The van der Waals surface area contributed by atoms with Gasteiger partial charge in [0.1, 0.15) is 0 Å². The van der Waals surface area contributed by atoms with E-state index in [4.69, 9.17) is 10.5 Å². The van der Waals surface area contributed by atoms with Gasteiger partial charge in [-0.05, 0) is 25.7 Å². The second-order valence-corrected chi connectivity index (χ2v) is 7.01. The third-order valence-corrected chi connectivity index (χ3v) is 4.13. The predicted octanol–water partition coefficient (Wildman–Crippen LogP) is -0.719. The molecule has 0 bridgehead atoms. The molecule has 1 fully saturated rings. The van der Waals surface area contributed by atoms with Crippen molar-refractivity contribution in [1.82, 2.24) is 9.62 Å². The molecule has 1 heterocycles. The van der Waals surface area contributed by atoms with Gasteiger partial charge >= 0.3 is 0 Å². The van der Waals surface area contributed by atoms with E-state index in [1.54, 1.807) is 12.0 Å². The van der Waals surface area contributed by atoms with Crippen molar-refractivity contribution in [3.8, 4) is 0 Å². The van der Waals surface area contributed by atoms with Gasteiger partial charge in [-0.25, -0.2) is 13.1 Å². The van der Waals surface area contributed by atoms with Crippen LogP contribution in [-0.4, -0.2) is 64.4 Å². The first-order chi connectivity index (χ1) is 9.33. The lowest BCUT2D eigenvalue weighted by atomic mass is 10.0. The van der Waals surface area contributed by atoms with E-state index in [0.717, 1.165) is 12.7 Å². The van der Waals surface area contributed by atoms with Crippen LogP contribution in [0.15, 0.2) is 0 Å². The molecule has 0 spiro atoms. The number of carbonyl (C=O) groups is 1. The average molecular weight is 307 g/mol. The minimum Gasteiger partial charge on any atom is -0.385 e. The topological polar surface area (TPSA) is 102 Å². The zero-order chi connectivity index (χ0) is 15.2. The normalized spacial score (nSPS) is 19.1. The fourth-order valence-electron chi connectivity index (χ4n) is 2.33. The third kappa shape index (κ3) is 6.17. The van der Waals surface area contributed by atoms with Gasteiger partial charge in [-0.3, -0.25) is 4.79 Å². The Balaban J connectivity index is 2.35. The van der Waals surface area contributed by atoms with Gasteiger partial charge in [0.25, 0.3) is 0 Å². The molecular formula is C12H25N3O4S. The number of ether oxygens (including phenoxy) is 1. The zero-order valence-electron chi connectivity index (χ0n) is 12.2. The standard InChI is InChI=1S/C12H25N3O4S/c1-19-9-3-4-11(13)12(16)15-7-5-10(6-8-15)14-20(2,17)18/h10-11,14H,3-9,13H2,1-2H3. The van der Waals surface area contributed by atoms with E-state index in [0.29, 0.717) is 39.0 Å². The van der Waals surface area contributed by atoms with Crippen LogP contribution in [-0.2, 0) is 19.6 Å². The van der Waals surface area contributed by atoms with E-state index in [9.17, 15) is 13.2 Å². The number of piperidine rings is 1. The van der Waals surface area contributed by atoms with Crippen LogP contribution in [0.5, 0.6) is 0 Å². The fourth-order valence-corrected chi connectivity index (χ4v) is 3.17. The summed E-state index contributed by atoms with van der Waals surface area (Å²) in [4.78, 5) is 13.8. The third-order valence-electron chi connectivity index (χ3n) is 3.37. The largest absolute Gasteiger partial charge is 0.385 e. The molecule has 3 N–H and O–H groups in total. The van der Waals surface area contributed by atoms with Crippen LogP contribution in [0, 0.1) is 0 Å². The summed E-state index contributed by atoms with van der Waals surface area (Å²) in [6.45, 7) is 1.69. The van der Waals surface area contributed by atoms with Crippen LogP contribution >= 0.6 is 0 Å². The van der Waals surface area contributed by atoms with Gasteiger partial charge in [0.2, 0.25) is 15.9 Å². The fraction of sp³-hybridized carbons (Fsp3) is 0.917. The number of hydrogen-bond acceptors (Lipinski definition) is 5. The van der Waals surface area contributed by atoms with E-state index >= 15 is 0 Å². The lowest BCUT2D eigenvalue weighted by molar-refractivity contribution is -0.133. The Kier molecular flexibility index (Phi) is 6.87. The maximum Gasteiger partial charge on any atom is 0.239 e. The molecule has 1 aliphatic heterocycles. The maximum absolute atomic E-state index is 12.1. The molecule has 1 aliphatic rings. The Bertz CT molecular complexity index is 405. The Morgan fingerprint density at radius 1 is 1.45 bits per heavy atom. The molecule has 1 atom stereocenters. The molecule has 0 radical (unpaired) electrons. The van der Waals surface area contributed by atoms with Crippen molar-refractivity contribution in [3.63, 3.8) is 0 Å². The van der Waals surface area contributed by atoms with Crippen molar-refractivity contribution >= 4 is 15.9 Å². The van der Waals surface area contributed by atoms with Crippen molar-refractivity contribution in [2.75, 3.05) is 33.1 Å². The molecule has 1 saturated heterocycles. The van der Waals surface area contributed by atoms with E-state index in [1.807, 2.05) is 0 Å². The number of rotatable bonds is 7. The van der Waals surface area contributed by atoms with Crippen LogP contribution in [0.3, 0.4) is 0 Å². The Morgan fingerprint density at radius 3 is 2.55 bits per heavy atom. The molecule has 8 heteroatoms. The molecule has 0 saturated carbocycles. The Morgan fingerprint density at radius 2 is 2.05 bits per heavy atom. The van der Waals surface area contributed by atoms with Crippen LogP contribution in [0.1, 0.15) is 25.7 Å². The summed E-state index contributed by atoms with van der Waals surface area (Å²) in [5.41, 5.74) is 5.87. The molecule has 0 aliphatic carbocycles. The molecule has 0 aromatic carbocycles. The number of carbonyl (C=O) groups excluding carboxylic acids is 1. The van der Waals surface area contributed by atoms with E-state index in [-0.39, 0.29) is 11.9 Å². The van der Waals surface area contributed by atoms with Crippen molar-refractivity contribution in [2.24, 2.45) is 5.73 Å². The number of sulfonamides is 1. The Hall–Kier alpha value is -0.700. The van der Waals surface area contributed by atoms with Gasteiger partial charge in [0.05, 0.1) is 12.3 Å². The lowest BCUT2D eigenvalue weighted by Crippen LogP contribution is -2.50. The van der Waals surface area contributed by atoms with Gasteiger partial charge < -0.3 is 15.4 Å². The van der Waals surface area contributed by atoms with Gasteiger partial charge in [0.15, 0.2) is 0 Å². The number of nitrogens with one attached hydrogen (secondary N) is 1. The van der Waals surface area contributed by atoms with Crippen LogP contribution in [0.25, 0.3) is 0 Å². The summed E-state index contributed by atoms with van der Waals surface area (Å²) in [5.74, 6) is -0.0566. The molecular weight excluding hydrogens is 282 g/mol. The second-order valence-electron chi connectivity index (χ2n) is 5.23. The molecule has 0 aromatic rings. The second kappa shape index (κ2) is 7.92. The minimum atomic E-state index is -3.18. The zero-order valence-corrected chi connectivity index (χ0v) is 13.0. The molecule has 1 unspecified atom stereocenters. The Labute approximate surface area is 120 Å². The first kappa shape index (κ1) is 17.4. The number of nitrogens with two attached hydrogens (primary N) is 1. The molecule has 1 amide bonds. The summed E-state index contributed by atoms with van der Waals surface area (Å²) < 4.78 is 29.8. The summed E-state index contributed by atoms with van der Waals surface area (Å²) in [6.07, 6.45) is 3.77. The highest BCUT2D eigenvalue weighted by atomic mass is 32.2. The van der Waals surface area contributed by atoms with Gasteiger partial charge in [-0.2, -0.15) is 0 Å². The molecule has 7 nitrogen and oxygen atoms in total. The van der Waals surface area contributed by atoms with E-state index in [1.165, 1.54) is 0 Å². The van der Waals surface area contributed by atoms with Crippen molar-refractivity contribution in [1.29, 1.82) is 0 Å². The minimum absolute atomic E-state index is 0.0566. The van der Waals surface area contributed by atoms with Gasteiger partial charge in [-0.15, -0.1) is 0 Å². The first-order valence-corrected chi connectivity index (χ1v) is 8.73. The SMILES string of the molecule is COCCCC(N)C(=O)N1CCC(NS(C)(=O)=O)CC1. The molecule has 20 heavy (non-hydrogen) atoms. The number of likely N-dealkylation sites (tertiary alicyclic amines) is 1. The molecule has 118 valence electrons. The van der Waals surface area contributed by atoms with Crippen molar-refractivity contribution in [2.45, 2.75) is 37.8 Å². The van der Waals surface area contributed by atoms with E-state index < -0.39 is 16.1 Å². The highest BCUT2D eigenvalue weighted by molar-refractivity contribution is 7.88. The highest BCUT2D eigenvalue weighted by Crippen LogP contribution is 2.13. The van der Waals surface area contributed by atoms with Gasteiger partial charge in [0, 0.05) is 32.8 Å². The number of nitrogens with zero attached hydrogens (tertiary/aromatic N) is 1. The van der Waals surface area contributed by atoms with Crippen LogP contribution in [0.4, 0.5) is 0 Å². The summed E-state index contributed by atoms with van der Waals surface area (Å²) in [5, 5.41) is 0. The molecule has 1 rings (SSSR count). The monoisotopic (exact) mass is 307 g/mol. The van der Waals surface area contributed by atoms with Crippen molar-refractivity contribution in [3.05, 3.63) is 0 Å². The maximum atomic E-state index is 12.1. The molecule has 0 aromatic heterocycles. The first-order valence-electron chi connectivity index (χ1n) is 6.84. The highest BCUT2D eigenvalue weighted by Gasteiger charge is 2.27. The number of amides is 1. The summed E-state index contributed by atoms with van der Waals surface area (Å²) >= 11 is 0. The van der Waals surface area contributed by atoms with Crippen LogP contribution in [0.2, 0.25) is 0 Å². The van der Waals surface area contributed by atoms with Gasteiger partial charge in [-0.1, -0.05) is 0 Å². The van der Waals surface area contributed by atoms with E-state index in [2.05, 4.69) is 4.72 Å². The summed E-state index contributed by atoms with van der Waals surface area (Å²) in [7, 11) is -1.57. The smallest absolute Gasteiger partial charge is 0.239 e. The lowest BCUT2D eigenvalue weighted by Gasteiger charge is -2.33. The average Bonchev–Trinajstić information content (AvgIpc) is 2.37. The van der Waals surface area contributed by atoms with Crippen LogP contribution < -0.4 is 10.5 Å². The van der Waals surface area contributed by atoms with Crippen molar-refractivity contribution < 1.29 is 17.9 Å². The summed E-state index contributed by atoms with van der Waals surface area (Å²) in [6, 6.07) is -0.580. The quantitative estimate of drug-likeness (QED) is 0.604. The predicted molar refractivity (Wildman–Crippen MR) is 76.7 cm³/mol. The number of methoxy groups -OCH3 is 1.